The summed E-state index contributed by atoms with van der Waals surface area (Å²) in [5.41, 5.74) is 2.90. The van der Waals surface area contributed by atoms with Gasteiger partial charge in [-0.1, -0.05) is 12.1 Å². The molecule has 0 aliphatic heterocycles. The molecule has 3 rings (SSSR count). The lowest BCUT2D eigenvalue weighted by Gasteiger charge is -2.08. The van der Waals surface area contributed by atoms with Crippen LogP contribution in [0.5, 0.6) is 11.6 Å². The fourth-order valence-electron chi connectivity index (χ4n) is 2.38. The van der Waals surface area contributed by atoms with E-state index in [0.717, 1.165) is 17.0 Å². The van der Waals surface area contributed by atoms with Crippen LogP contribution in [0.15, 0.2) is 60.7 Å². The number of aromatic nitrogens is 2. The fraction of sp³-hybridized carbons (Fsp3) is 0.150. The third-order valence-corrected chi connectivity index (χ3v) is 3.72. The normalized spacial score (nSPS) is 10.2. The Bertz CT molecular complexity index is 860. The summed E-state index contributed by atoms with van der Waals surface area (Å²) in [5.74, 6) is 1.03. The van der Waals surface area contributed by atoms with Gasteiger partial charge >= 0.3 is 0 Å². The number of benzene rings is 2. The lowest BCUT2D eigenvalue weighted by atomic mass is 10.1. The fourth-order valence-corrected chi connectivity index (χ4v) is 2.38. The standard InChI is InChI=1S/C20H19N3O3/c1-3-26-17-10-6-15(7-11-17)20(24)21-16-8-4-14(5-9-16)18-12-13-19(25-2)23-22-18/h4-13H,3H2,1-2H3,(H,21,24). The molecule has 1 N–H and O–H groups in total. The van der Waals surface area contributed by atoms with Gasteiger partial charge in [0.2, 0.25) is 5.88 Å². The van der Waals surface area contributed by atoms with Crippen LogP contribution < -0.4 is 14.8 Å². The highest BCUT2D eigenvalue weighted by Gasteiger charge is 2.07. The van der Waals surface area contributed by atoms with E-state index in [4.69, 9.17) is 9.47 Å². The van der Waals surface area contributed by atoms with Crippen molar-refractivity contribution in [1.29, 1.82) is 0 Å². The Labute approximate surface area is 151 Å². The molecule has 26 heavy (non-hydrogen) atoms. The predicted molar refractivity (Wildman–Crippen MR) is 99.6 cm³/mol. The minimum absolute atomic E-state index is 0.176. The molecule has 0 fully saturated rings. The van der Waals surface area contributed by atoms with Crippen molar-refractivity contribution in [2.24, 2.45) is 0 Å². The van der Waals surface area contributed by atoms with Crippen LogP contribution in [0.3, 0.4) is 0 Å². The number of hydrogen-bond donors (Lipinski definition) is 1. The molecule has 3 aromatic rings. The van der Waals surface area contributed by atoms with E-state index < -0.39 is 0 Å². The summed E-state index contributed by atoms with van der Waals surface area (Å²) in [6.07, 6.45) is 0. The highest BCUT2D eigenvalue weighted by Crippen LogP contribution is 2.21. The van der Waals surface area contributed by atoms with Crippen molar-refractivity contribution in [3.05, 3.63) is 66.2 Å². The summed E-state index contributed by atoms with van der Waals surface area (Å²) in [5, 5.41) is 10.9. The molecule has 2 aromatic carbocycles. The molecule has 6 nitrogen and oxygen atoms in total. The second-order valence-corrected chi connectivity index (χ2v) is 5.45. The van der Waals surface area contributed by atoms with E-state index in [1.165, 1.54) is 0 Å². The van der Waals surface area contributed by atoms with Crippen LogP contribution in [0, 0.1) is 0 Å². The van der Waals surface area contributed by atoms with Crippen molar-refractivity contribution in [3.8, 4) is 22.9 Å². The molecule has 6 heteroatoms. The molecule has 0 aliphatic rings. The van der Waals surface area contributed by atoms with Crippen molar-refractivity contribution in [2.75, 3.05) is 19.0 Å². The van der Waals surface area contributed by atoms with Crippen LogP contribution in [-0.2, 0) is 0 Å². The first-order valence-electron chi connectivity index (χ1n) is 8.22. The molecule has 1 amide bonds. The Morgan fingerprint density at radius 1 is 0.962 bits per heavy atom. The lowest BCUT2D eigenvalue weighted by Crippen LogP contribution is -2.11. The maximum Gasteiger partial charge on any atom is 0.255 e. The van der Waals surface area contributed by atoms with Gasteiger partial charge in [-0.2, -0.15) is 0 Å². The summed E-state index contributed by atoms with van der Waals surface area (Å²) in [6, 6.07) is 18.0. The van der Waals surface area contributed by atoms with Crippen molar-refractivity contribution >= 4 is 11.6 Å². The largest absolute Gasteiger partial charge is 0.494 e. The predicted octanol–water partition coefficient (Wildman–Crippen LogP) is 3.80. The minimum atomic E-state index is -0.176. The van der Waals surface area contributed by atoms with Crippen molar-refractivity contribution in [1.82, 2.24) is 10.2 Å². The smallest absolute Gasteiger partial charge is 0.255 e. The molecular weight excluding hydrogens is 330 g/mol. The van der Waals surface area contributed by atoms with Crippen molar-refractivity contribution in [3.63, 3.8) is 0 Å². The third-order valence-electron chi connectivity index (χ3n) is 3.72. The van der Waals surface area contributed by atoms with Crippen LogP contribution in [0.2, 0.25) is 0 Å². The zero-order valence-corrected chi connectivity index (χ0v) is 14.6. The van der Waals surface area contributed by atoms with E-state index in [9.17, 15) is 4.79 Å². The number of carbonyl (C=O) groups is 1. The number of carbonyl (C=O) groups excluding carboxylic acids is 1. The molecule has 0 aliphatic carbocycles. The summed E-state index contributed by atoms with van der Waals surface area (Å²) in [4.78, 5) is 12.3. The van der Waals surface area contributed by atoms with Crippen LogP contribution in [0.25, 0.3) is 11.3 Å². The van der Waals surface area contributed by atoms with Gasteiger partial charge in [-0.15, -0.1) is 10.2 Å². The number of nitrogens with one attached hydrogen (secondary N) is 1. The zero-order valence-electron chi connectivity index (χ0n) is 14.6. The first kappa shape index (κ1) is 17.4. The van der Waals surface area contributed by atoms with Gasteiger partial charge in [0.25, 0.3) is 5.91 Å². The van der Waals surface area contributed by atoms with E-state index >= 15 is 0 Å². The Balaban J connectivity index is 1.67. The summed E-state index contributed by atoms with van der Waals surface area (Å²) < 4.78 is 10.4. The van der Waals surface area contributed by atoms with E-state index in [-0.39, 0.29) is 5.91 Å². The van der Waals surface area contributed by atoms with Crippen LogP contribution in [-0.4, -0.2) is 29.8 Å². The van der Waals surface area contributed by atoms with Crippen molar-refractivity contribution in [2.45, 2.75) is 6.92 Å². The van der Waals surface area contributed by atoms with Gasteiger partial charge in [0.15, 0.2) is 0 Å². The number of methoxy groups -OCH3 is 1. The van der Waals surface area contributed by atoms with E-state index in [1.54, 1.807) is 37.4 Å². The van der Waals surface area contributed by atoms with Gasteiger partial charge in [-0.25, -0.2) is 0 Å². The highest BCUT2D eigenvalue weighted by atomic mass is 16.5. The SMILES string of the molecule is CCOc1ccc(C(=O)Nc2ccc(-c3ccc(OC)nn3)cc2)cc1. The minimum Gasteiger partial charge on any atom is -0.494 e. The van der Waals surface area contributed by atoms with E-state index in [0.29, 0.717) is 23.7 Å². The van der Waals surface area contributed by atoms with Crippen LogP contribution >= 0.6 is 0 Å². The first-order chi connectivity index (χ1) is 12.7. The quantitative estimate of drug-likeness (QED) is 0.733. The van der Waals surface area contributed by atoms with Gasteiger partial charge < -0.3 is 14.8 Å². The monoisotopic (exact) mass is 349 g/mol. The van der Waals surface area contributed by atoms with Crippen LogP contribution in [0.4, 0.5) is 5.69 Å². The van der Waals surface area contributed by atoms with Gasteiger partial charge in [0, 0.05) is 22.9 Å². The number of anilines is 1. The molecule has 0 saturated carbocycles. The Kier molecular flexibility index (Phi) is 5.43. The highest BCUT2D eigenvalue weighted by molar-refractivity contribution is 6.04. The summed E-state index contributed by atoms with van der Waals surface area (Å²) >= 11 is 0. The Morgan fingerprint density at radius 2 is 1.69 bits per heavy atom. The maximum atomic E-state index is 12.3. The zero-order chi connectivity index (χ0) is 18.4. The van der Waals surface area contributed by atoms with E-state index in [2.05, 4.69) is 15.5 Å². The average molecular weight is 349 g/mol. The number of nitrogens with zero attached hydrogens (tertiary/aromatic N) is 2. The van der Waals surface area contributed by atoms with Gasteiger partial charge in [-0.05, 0) is 49.4 Å². The second kappa shape index (κ2) is 8.11. The Hall–Kier alpha value is -3.41. The maximum absolute atomic E-state index is 12.3. The first-order valence-corrected chi connectivity index (χ1v) is 8.22. The second-order valence-electron chi connectivity index (χ2n) is 5.45. The van der Waals surface area contributed by atoms with Gasteiger partial charge in [0.1, 0.15) is 5.75 Å². The summed E-state index contributed by atoms with van der Waals surface area (Å²) in [7, 11) is 1.55. The van der Waals surface area contributed by atoms with Gasteiger partial charge in [0.05, 0.1) is 19.4 Å². The van der Waals surface area contributed by atoms with Crippen LogP contribution in [0.1, 0.15) is 17.3 Å². The number of hydrogen-bond acceptors (Lipinski definition) is 5. The molecule has 0 atom stereocenters. The third kappa shape index (κ3) is 4.16. The Morgan fingerprint density at radius 3 is 2.27 bits per heavy atom. The molecule has 0 unspecified atom stereocenters. The lowest BCUT2D eigenvalue weighted by molar-refractivity contribution is 0.102. The number of ether oxygens (including phenoxy) is 2. The molecule has 1 aromatic heterocycles. The molecule has 132 valence electrons. The average Bonchev–Trinajstić information content (AvgIpc) is 2.69. The molecule has 1 heterocycles. The van der Waals surface area contributed by atoms with Gasteiger partial charge in [-0.3, -0.25) is 4.79 Å². The summed E-state index contributed by atoms with van der Waals surface area (Å²) in [6.45, 7) is 2.51. The molecule has 0 radical (unpaired) electrons. The topological polar surface area (TPSA) is 73.3 Å². The molecule has 0 spiro atoms. The number of rotatable bonds is 6. The molecular formula is C20H19N3O3. The number of amides is 1. The van der Waals surface area contributed by atoms with E-state index in [1.807, 2.05) is 37.3 Å². The molecule has 0 saturated heterocycles. The molecule has 0 bridgehead atoms. The van der Waals surface area contributed by atoms with Crippen molar-refractivity contribution < 1.29 is 14.3 Å².